The van der Waals surface area contributed by atoms with Crippen molar-refractivity contribution < 1.29 is 14.6 Å². The predicted octanol–water partition coefficient (Wildman–Crippen LogP) is 6.92. The summed E-state index contributed by atoms with van der Waals surface area (Å²) in [6.45, 7) is 2.56. The quantitative estimate of drug-likeness (QED) is 0.107. The third kappa shape index (κ3) is 10.6. The summed E-state index contributed by atoms with van der Waals surface area (Å²) in [5.41, 5.74) is 15.0. The normalized spacial score (nSPS) is 17.0. The van der Waals surface area contributed by atoms with Crippen molar-refractivity contribution in [1.82, 2.24) is 54.9 Å². The molecule has 344 valence electrons. The zero-order valence-electron chi connectivity index (χ0n) is 37.9. The number of anilines is 2. The Hall–Kier alpha value is -8.29. The fourth-order valence-electron chi connectivity index (χ4n) is 8.67. The summed E-state index contributed by atoms with van der Waals surface area (Å²) in [5, 5.41) is 42.6. The summed E-state index contributed by atoms with van der Waals surface area (Å²) in [5.74, 6) is 0.825. The molecular formula is C51H48N15O3+. The molecule has 1 aliphatic carbocycles. The first-order valence-corrected chi connectivity index (χ1v) is 22.8. The number of pyridine rings is 3. The van der Waals surface area contributed by atoms with Crippen LogP contribution < -0.4 is 11.1 Å². The van der Waals surface area contributed by atoms with Gasteiger partial charge in [-0.05, 0) is 86.0 Å². The molecule has 1 saturated heterocycles. The van der Waals surface area contributed by atoms with Crippen molar-refractivity contribution in [2.75, 3.05) is 31.4 Å². The number of nitrogens with two attached hydrogens (primary N) is 1. The number of ether oxygens (including phenoxy) is 2. The molecule has 6 aromatic heterocycles. The zero-order chi connectivity index (χ0) is 47.2. The van der Waals surface area contributed by atoms with Crippen molar-refractivity contribution in [2.24, 2.45) is 0 Å². The van der Waals surface area contributed by atoms with E-state index in [2.05, 4.69) is 48.0 Å². The molecule has 1 saturated carbocycles. The van der Waals surface area contributed by atoms with Gasteiger partial charge in [-0.2, -0.15) is 5.26 Å². The van der Waals surface area contributed by atoms with E-state index in [9.17, 15) is 10.4 Å². The standard InChI is InChI=1S/C51H48N15O3/c1-68-32-42-12-4-10-40(55-42)28-65-30-46(61-63-65)37-22-43(58-49(53)23-37)36-9-3-7-34(21-36)27-54-39-14-17-51(67,25-39)48-13-5-11-41(56-48)29-66-31-47(62-64-66)45-24-44(35-8-2-6-33(20-35)26-52)59-50(60-45)57-38-15-18-69-19-16-38/h2-13,20-24,30-31,38-39,67H,14-19,25,28-29,32H2,1H3,(H2,53,58)(H,57,59,60)/q+1. The van der Waals surface area contributed by atoms with Crippen LogP contribution in [0.2, 0.25) is 0 Å². The Morgan fingerprint density at radius 3 is 2.19 bits per heavy atom. The Morgan fingerprint density at radius 2 is 1.41 bits per heavy atom. The minimum absolute atomic E-state index is 0.162. The van der Waals surface area contributed by atoms with Crippen molar-refractivity contribution in [3.05, 3.63) is 154 Å². The Morgan fingerprint density at radius 1 is 0.739 bits per heavy atom. The number of nitriles is 1. The first-order chi connectivity index (χ1) is 33.7. The van der Waals surface area contributed by atoms with Crippen molar-refractivity contribution in [3.8, 4) is 57.3 Å². The smallest absolute Gasteiger partial charge is 0.311 e. The predicted molar refractivity (Wildman–Crippen MR) is 257 cm³/mol. The molecule has 2 aliphatic rings. The molecule has 2 unspecified atom stereocenters. The minimum Gasteiger partial charge on any atom is -0.384 e. The van der Waals surface area contributed by atoms with Crippen LogP contribution in [0.25, 0.3) is 50.0 Å². The van der Waals surface area contributed by atoms with E-state index in [4.69, 9.17) is 35.0 Å². The average molecular weight is 919 g/mol. The number of nitrogens with zero attached hydrogens (tertiary/aromatic N) is 13. The number of nitrogen functional groups attached to an aromatic ring is 1. The number of hydrogen-bond donors (Lipinski definition) is 3. The van der Waals surface area contributed by atoms with Gasteiger partial charge in [0.15, 0.2) is 0 Å². The van der Waals surface area contributed by atoms with E-state index in [0.717, 1.165) is 52.2 Å². The first-order valence-electron chi connectivity index (χ1n) is 22.8. The number of hydrogen-bond acceptors (Lipinski definition) is 15. The van der Waals surface area contributed by atoms with Crippen LogP contribution in [0.5, 0.6) is 0 Å². The summed E-state index contributed by atoms with van der Waals surface area (Å²) >= 11 is 0. The molecule has 7 heterocycles. The summed E-state index contributed by atoms with van der Waals surface area (Å²) < 4.78 is 14.2. The lowest BCUT2D eigenvalue weighted by Crippen LogP contribution is -2.28. The van der Waals surface area contributed by atoms with Gasteiger partial charge in [0.05, 0.1) is 90.0 Å². The Bertz CT molecular complexity index is 3240. The van der Waals surface area contributed by atoms with Crippen molar-refractivity contribution in [1.29, 1.82) is 5.26 Å². The van der Waals surface area contributed by atoms with Gasteiger partial charge in [0, 0.05) is 49.5 Å². The first kappa shape index (κ1) is 44.5. The molecular weight excluding hydrogens is 871 g/mol. The molecule has 0 spiro atoms. The fraction of sp³-hybridized carbons (Fsp3) is 0.275. The fourth-order valence-corrected chi connectivity index (χ4v) is 8.67. The van der Waals surface area contributed by atoms with E-state index in [1.54, 1.807) is 28.6 Å². The molecule has 1 aliphatic heterocycles. The van der Waals surface area contributed by atoms with Crippen LogP contribution in [0.15, 0.2) is 116 Å². The Kier molecular flexibility index (Phi) is 12.8. The Balaban J connectivity index is 0.806. The number of aliphatic hydroxyl groups is 1. The van der Waals surface area contributed by atoms with Gasteiger partial charge in [0.2, 0.25) is 5.95 Å². The van der Waals surface area contributed by atoms with Gasteiger partial charge in [-0.1, -0.05) is 51.7 Å². The molecule has 0 radical (unpaired) electrons. The van der Waals surface area contributed by atoms with Crippen LogP contribution in [-0.4, -0.2) is 92.4 Å². The molecule has 2 fully saturated rings. The molecule has 2 atom stereocenters. The second-order valence-corrected chi connectivity index (χ2v) is 17.3. The van der Waals surface area contributed by atoms with Crippen LogP contribution in [0, 0.1) is 17.4 Å². The van der Waals surface area contributed by atoms with Crippen LogP contribution in [0.1, 0.15) is 66.0 Å². The Labute approximate surface area is 397 Å². The summed E-state index contributed by atoms with van der Waals surface area (Å²) in [6, 6.07) is 37.6. The van der Waals surface area contributed by atoms with E-state index in [0.29, 0.717) is 104 Å². The lowest BCUT2D eigenvalue weighted by Gasteiger charge is -2.23. The average Bonchev–Trinajstić information content (AvgIpc) is 4.15. The third-order valence-electron chi connectivity index (χ3n) is 12.1. The number of benzene rings is 2. The molecule has 18 heteroatoms. The van der Waals surface area contributed by atoms with Gasteiger partial charge < -0.3 is 25.6 Å². The summed E-state index contributed by atoms with van der Waals surface area (Å²) in [4.78, 5) is 28.6. The maximum absolute atomic E-state index is 11.9. The molecule has 18 nitrogen and oxygen atoms in total. The highest BCUT2D eigenvalue weighted by Gasteiger charge is 2.45. The van der Waals surface area contributed by atoms with Gasteiger partial charge in [-0.15, -0.1) is 10.2 Å². The van der Waals surface area contributed by atoms with E-state index < -0.39 is 5.60 Å². The second-order valence-electron chi connectivity index (χ2n) is 17.3. The number of rotatable bonds is 13. The van der Waals surface area contributed by atoms with Crippen LogP contribution >= 0.6 is 0 Å². The number of methoxy groups -OCH3 is 1. The minimum atomic E-state index is -1.16. The second kappa shape index (κ2) is 19.9. The summed E-state index contributed by atoms with van der Waals surface area (Å²) in [7, 11) is 1.65. The van der Waals surface area contributed by atoms with Crippen LogP contribution in [0.4, 0.5) is 11.8 Å². The van der Waals surface area contributed by atoms with Gasteiger partial charge in [0.25, 0.3) is 6.04 Å². The van der Waals surface area contributed by atoms with Crippen LogP contribution in [0.3, 0.4) is 0 Å². The monoisotopic (exact) mass is 918 g/mol. The molecule has 0 bridgehead atoms. The topological polar surface area (TPSA) is 231 Å². The van der Waals surface area contributed by atoms with E-state index in [1.165, 1.54) is 0 Å². The maximum atomic E-state index is 11.9. The lowest BCUT2D eigenvalue weighted by atomic mass is 9.96. The van der Waals surface area contributed by atoms with E-state index in [1.807, 2.05) is 103 Å². The molecule has 8 aromatic rings. The van der Waals surface area contributed by atoms with Crippen molar-refractivity contribution >= 4 is 11.8 Å². The highest BCUT2D eigenvalue weighted by molar-refractivity contribution is 5.72. The number of nitrogens with one attached hydrogen (secondary N) is 1. The van der Waals surface area contributed by atoms with Gasteiger partial charge >= 0.3 is 6.07 Å². The van der Waals surface area contributed by atoms with E-state index >= 15 is 0 Å². The molecule has 0 amide bonds. The van der Waals surface area contributed by atoms with Crippen molar-refractivity contribution in [3.63, 3.8) is 0 Å². The van der Waals surface area contributed by atoms with E-state index in [-0.39, 0.29) is 12.1 Å². The zero-order valence-corrected chi connectivity index (χ0v) is 37.9. The SMILES string of the molecule is COCc1cccc(Cn2cc(-c3cc(N)nc(-c4cccc(C#[N+]C5CCC(O)(c6cccc(Cn7cc(-c8cc(-c9cccc(C#N)c9)nc(NC9CCOCC9)n8)nn7)n6)C5)c4)c3)nn2)n1. The molecule has 10 rings (SSSR count). The highest BCUT2D eigenvalue weighted by Crippen LogP contribution is 2.40. The molecule has 4 N–H and O–H groups in total. The molecule has 2 aromatic carbocycles. The number of aromatic nitrogens is 11. The van der Waals surface area contributed by atoms with Gasteiger partial charge in [0.1, 0.15) is 28.4 Å². The maximum Gasteiger partial charge on any atom is 0.311 e. The summed E-state index contributed by atoms with van der Waals surface area (Å²) in [6.07, 6.45) is 6.95. The third-order valence-corrected chi connectivity index (χ3v) is 12.1. The van der Waals surface area contributed by atoms with Gasteiger partial charge in [-0.3, -0.25) is 9.97 Å². The van der Waals surface area contributed by atoms with Crippen molar-refractivity contribution in [2.45, 2.75) is 69.5 Å². The lowest BCUT2D eigenvalue weighted by molar-refractivity contribution is 0.0393. The molecule has 69 heavy (non-hydrogen) atoms. The van der Waals surface area contributed by atoms with Crippen LogP contribution in [-0.2, 0) is 34.8 Å². The highest BCUT2D eigenvalue weighted by atomic mass is 16.5. The van der Waals surface area contributed by atoms with Gasteiger partial charge in [-0.25, -0.2) is 24.3 Å². The largest absolute Gasteiger partial charge is 0.384 e.